The maximum Gasteiger partial charge on any atom is 0.352 e. The molecule has 2 rings (SSSR count). The molecule has 1 aromatic carbocycles. The minimum absolute atomic E-state index is 0.120. The van der Waals surface area contributed by atoms with E-state index in [9.17, 15) is 9.18 Å². The van der Waals surface area contributed by atoms with Crippen molar-refractivity contribution in [1.82, 2.24) is 9.99 Å². The molecule has 2 aromatic rings. The number of rotatable bonds is 4. The number of ether oxygens (including phenoxy) is 1. The van der Waals surface area contributed by atoms with Crippen LogP contribution < -0.4 is 21.4 Å². The van der Waals surface area contributed by atoms with E-state index in [1.165, 1.54) is 25.2 Å². The van der Waals surface area contributed by atoms with Crippen LogP contribution in [0, 0.1) is 5.82 Å². The van der Waals surface area contributed by atoms with Crippen LogP contribution in [-0.2, 0) is 6.61 Å². The van der Waals surface area contributed by atoms with Crippen molar-refractivity contribution in [1.29, 1.82) is 0 Å². The Hall–Kier alpha value is -2.23. The number of urea groups is 1. The molecule has 0 fully saturated rings. The third kappa shape index (κ3) is 4.15. The van der Waals surface area contributed by atoms with Crippen molar-refractivity contribution in [2.24, 2.45) is 11.7 Å². The van der Waals surface area contributed by atoms with Crippen LogP contribution in [0.2, 0.25) is 0 Å². The van der Waals surface area contributed by atoms with Gasteiger partial charge in [0, 0.05) is 23.8 Å². The molecular weight excluding hydrogens is 369 g/mol. The van der Waals surface area contributed by atoms with Crippen molar-refractivity contribution in [3.05, 3.63) is 52.4 Å². The lowest BCUT2D eigenvalue weighted by molar-refractivity contribution is 0.216. The molecular formula is C14H15BrFN5O2. The summed E-state index contributed by atoms with van der Waals surface area (Å²) in [6.07, 6.45) is 1.56. The highest BCUT2D eigenvalue weighted by Gasteiger charge is 2.20. The zero-order valence-electron chi connectivity index (χ0n) is 12.2. The number of amides is 2. The summed E-state index contributed by atoms with van der Waals surface area (Å²) in [7, 11) is 1.34. The Balaban J connectivity index is 2.23. The summed E-state index contributed by atoms with van der Waals surface area (Å²) in [4.78, 5) is 15.9. The van der Waals surface area contributed by atoms with Gasteiger partial charge in [0.2, 0.25) is 5.88 Å². The Morgan fingerprint density at radius 1 is 1.35 bits per heavy atom. The molecule has 0 spiro atoms. The van der Waals surface area contributed by atoms with Crippen LogP contribution in [0.25, 0.3) is 0 Å². The van der Waals surface area contributed by atoms with Gasteiger partial charge in [0.05, 0.1) is 11.3 Å². The molecule has 122 valence electrons. The monoisotopic (exact) mass is 383 g/mol. The average molecular weight is 384 g/mol. The van der Waals surface area contributed by atoms with Gasteiger partial charge >= 0.3 is 6.03 Å². The highest BCUT2D eigenvalue weighted by molar-refractivity contribution is 9.10. The van der Waals surface area contributed by atoms with Crippen LogP contribution in [0.15, 0.2) is 41.0 Å². The summed E-state index contributed by atoms with van der Waals surface area (Å²) in [6, 6.07) is 6.87. The van der Waals surface area contributed by atoms with E-state index in [4.69, 9.17) is 16.4 Å². The van der Waals surface area contributed by atoms with Crippen molar-refractivity contribution < 1.29 is 13.9 Å². The quantitative estimate of drug-likeness (QED) is 0.478. The first-order valence-corrected chi connectivity index (χ1v) is 7.28. The van der Waals surface area contributed by atoms with Crippen LogP contribution >= 0.6 is 15.9 Å². The molecule has 0 saturated carbocycles. The van der Waals surface area contributed by atoms with Gasteiger partial charge < -0.3 is 4.74 Å². The van der Waals surface area contributed by atoms with E-state index >= 15 is 0 Å². The number of nitrogens with two attached hydrogens (primary N) is 2. The molecule has 2 amide bonds. The number of aromatic nitrogens is 1. The first-order valence-electron chi connectivity index (χ1n) is 6.49. The molecule has 1 aromatic heterocycles. The van der Waals surface area contributed by atoms with Crippen molar-refractivity contribution in [2.75, 3.05) is 12.1 Å². The second kappa shape index (κ2) is 7.36. The smallest absolute Gasteiger partial charge is 0.352 e. The number of hydrazine groups is 2. The van der Waals surface area contributed by atoms with Crippen molar-refractivity contribution in [3.63, 3.8) is 0 Å². The van der Waals surface area contributed by atoms with E-state index in [1.807, 2.05) is 0 Å². The molecule has 0 atom stereocenters. The molecule has 7 nitrogen and oxygen atoms in total. The fourth-order valence-electron chi connectivity index (χ4n) is 1.78. The predicted molar refractivity (Wildman–Crippen MR) is 86.7 cm³/mol. The molecule has 0 aliphatic carbocycles. The largest absolute Gasteiger partial charge is 0.473 e. The molecule has 9 heteroatoms. The van der Waals surface area contributed by atoms with Crippen LogP contribution in [-0.4, -0.2) is 23.1 Å². The van der Waals surface area contributed by atoms with E-state index in [1.54, 1.807) is 18.3 Å². The van der Waals surface area contributed by atoms with Gasteiger partial charge in [-0.1, -0.05) is 6.07 Å². The number of carbonyl (C=O) groups excluding carboxylic acids is 1. The summed E-state index contributed by atoms with van der Waals surface area (Å²) < 4.78 is 20.3. The third-order valence-electron chi connectivity index (χ3n) is 2.93. The summed E-state index contributed by atoms with van der Waals surface area (Å²) in [5.74, 6) is 10.8. The Morgan fingerprint density at radius 2 is 2.09 bits per heavy atom. The summed E-state index contributed by atoms with van der Waals surface area (Å²) in [6.45, 7) is -0.147. The minimum Gasteiger partial charge on any atom is -0.473 e. The van der Waals surface area contributed by atoms with Crippen molar-refractivity contribution in [3.8, 4) is 5.88 Å². The maximum atomic E-state index is 14.1. The zero-order chi connectivity index (χ0) is 17.0. The van der Waals surface area contributed by atoms with E-state index in [0.717, 1.165) is 14.5 Å². The maximum absolute atomic E-state index is 14.1. The number of anilines is 1. The van der Waals surface area contributed by atoms with Gasteiger partial charge in [-0.05, 0) is 34.1 Å². The SMILES string of the molecule is CN(N)C(=O)N(N)c1cccc(F)c1COc1ccc(Br)cn1. The highest BCUT2D eigenvalue weighted by atomic mass is 79.9. The lowest BCUT2D eigenvalue weighted by atomic mass is 10.1. The standard InChI is InChI=1S/C14H15BrFN5O2/c1-20(17)14(22)21(18)12-4-2-3-11(16)10(12)8-23-13-6-5-9(15)7-19-13/h2-7H,8,17-18H2,1H3. The first kappa shape index (κ1) is 17.1. The zero-order valence-corrected chi connectivity index (χ0v) is 13.8. The molecule has 0 bridgehead atoms. The van der Waals surface area contributed by atoms with E-state index < -0.39 is 11.8 Å². The van der Waals surface area contributed by atoms with E-state index in [0.29, 0.717) is 5.88 Å². The highest BCUT2D eigenvalue weighted by Crippen LogP contribution is 2.24. The number of hydrogen-bond donors (Lipinski definition) is 2. The topological polar surface area (TPSA) is 97.7 Å². The van der Waals surface area contributed by atoms with Crippen molar-refractivity contribution >= 4 is 27.6 Å². The number of pyridine rings is 1. The van der Waals surface area contributed by atoms with Gasteiger partial charge in [0.25, 0.3) is 0 Å². The van der Waals surface area contributed by atoms with E-state index in [2.05, 4.69) is 20.9 Å². The second-order valence-electron chi connectivity index (χ2n) is 4.60. The molecule has 0 radical (unpaired) electrons. The van der Waals surface area contributed by atoms with Gasteiger partial charge in [0.1, 0.15) is 12.4 Å². The predicted octanol–water partition coefficient (Wildman–Crippen LogP) is 2.17. The van der Waals surface area contributed by atoms with Gasteiger partial charge in [-0.15, -0.1) is 0 Å². The molecule has 0 saturated heterocycles. The van der Waals surface area contributed by atoms with Crippen LogP contribution in [0.4, 0.5) is 14.9 Å². The van der Waals surface area contributed by atoms with E-state index in [-0.39, 0.29) is 17.9 Å². The van der Waals surface area contributed by atoms with Gasteiger partial charge in [-0.25, -0.2) is 30.9 Å². The fraction of sp³-hybridized carbons (Fsp3) is 0.143. The van der Waals surface area contributed by atoms with Gasteiger partial charge in [-0.3, -0.25) is 5.01 Å². The first-order chi connectivity index (χ1) is 10.9. The summed E-state index contributed by atoms with van der Waals surface area (Å²) in [5, 5.41) is 1.56. The van der Waals surface area contributed by atoms with Crippen LogP contribution in [0.3, 0.4) is 0 Å². The Morgan fingerprint density at radius 3 is 2.70 bits per heavy atom. The normalized spacial score (nSPS) is 10.3. The summed E-state index contributed by atoms with van der Waals surface area (Å²) >= 11 is 3.26. The second-order valence-corrected chi connectivity index (χ2v) is 5.52. The molecule has 0 aliphatic heterocycles. The molecule has 4 N–H and O–H groups in total. The molecule has 0 aliphatic rings. The Kier molecular flexibility index (Phi) is 5.48. The minimum atomic E-state index is -0.696. The van der Waals surface area contributed by atoms with Crippen LogP contribution in [0.5, 0.6) is 5.88 Å². The summed E-state index contributed by atoms with van der Waals surface area (Å²) in [5.41, 5.74) is 0.277. The Bertz CT molecular complexity index is 696. The fourth-order valence-corrected chi connectivity index (χ4v) is 2.02. The molecule has 0 unspecified atom stereocenters. The average Bonchev–Trinajstić information content (AvgIpc) is 2.53. The molecule has 23 heavy (non-hydrogen) atoms. The molecule has 1 heterocycles. The van der Waals surface area contributed by atoms with Crippen molar-refractivity contribution in [2.45, 2.75) is 6.61 Å². The Labute approximate surface area is 140 Å². The number of carbonyl (C=O) groups is 1. The lowest BCUT2D eigenvalue weighted by Gasteiger charge is -2.23. The number of benzene rings is 1. The van der Waals surface area contributed by atoms with Crippen LogP contribution in [0.1, 0.15) is 5.56 Å². The number of halogens is 2. The van der Waals surface area contributed by atoms with Gasteiger partial charge in [0.15, 0.2) is 0 Å². The van der Waals surface area contributed by atoms with Gasteiger partial charge in [-0.2, -0.15) is 0 Å². The number of nitrogens with zero attached hydrogens (tertiary/aromatic N) is 3. The third-order valence-corrected chi connectivity index (χ3v) is 3.40. The number of hydrogen-bond acceptors (Lipinski definition) is 5. The lowest BCUT2D eigenvalue weighted by Crippen LogP contribution is -2.49.